The minimum Gasteiger partial charge on any atom is -0.508 e. The number of hydrogen-bond acceptors (Lipinski definition) is 7. The first-order valence-electron chi connectivity index (χ1n) is 8.85. The normalized spacial score (nSPS) is 10.4. The molecule has 4 rings (SSSR count). The summed E-state index contributed by atoms with van der Waals surface area (Å²) in [5.74, 6) is 0.770. The first kappa shape index (κ1) is 19.8. The van der Waals surface area contributed by atoms with Crippen molar-refractivity contribution in [3.63, 3.8) is 0 Å². The average Bonchev–Trinajstić information content (AvgIpc) is 3.01. The van der Waals surface area contributed by atoms with E-state index in [0.717, 1.165) is 11.1 Å². The lowest BCUT2D eigenvalue weighted by molar-refractivity contribution is 0.112. The largest absolute Gasteiger partial charge is 0.508 e. The Labute approximate surface area is 167 Å². The predicted molar refractivity (Wildman–Crippen MR) is 115 cm³/mol. The maximum atomic E-state index is 11.7. The van der Waals surface area contributed by atoms with Crippen molar-refractivity contribution in [1.82, 2.24) is 14.5 Å². The molecule has 148 valence electrons. The summed E-state index contributed by atoms with van der Waals surface area (Å²) >= 11 is 0. The Hall–Kier alpha value is -3.91. The van der Waals surface area contributed by atoms with Crippen molar-refractivity contribution in [3.05, 3.63) is 59.8 Å². The van der Waals surface area contributed by atoms with Crippen molar-refractivity contribution < 1.29 is 9.90 Å². The van der Waals surface area contributed by atoms with E-state index in [1.54, 1.807) is 41.1 Å². The van der Waals surface area contributed by atoms with Crippen molar-refractivity contribution in [2.45, 2.75) is 6.92 Å². The van der Waals surface area contributed by atoms with Crippen LogP contribution in [0.1, 0.15) is 15.9 Å². The number of phenolic OH excluding ortho intramolecular Hbond substituents is 1. The minimum absolute atomic E-state index is 0.112. The van der Waals surface area contributed by atoms with Crippen LogP contribution < -0.4 is 17.2 Å². The average molecular weight is 390 g/mol. The van der Waals surface area contributed by atoms with E-state index in [2.05, 4.69) is 15.7 Å². The maximum absolute atomic E-state index is 11.7. The molecule has 0 aliphatic heterocycles. The molecule has 0 saturated heterocycles. The molecule has 8 heteroatoms. The van der Waals surface area contributed by atoms with E-state index < -0.39 is 0 Å². The Balaban J connectivity index is 0.00000117. The number of anilines is 2. The Morgan fingerprint density at radius 2 is 1.83 bits per heavy atom. The number of pyridine rings is 2. The number of benzene rings is 1. The molecule has 7 N–H and O–H groups in total. The third-order valence-electron chi connectivity index (χ3n) is 4.52. The monoisotopic (exact) mass is 390 g/mol. The van der Waals surface area contributed by atoms with Gasteiger partial charge < -0.3 is 22.3 Å². The van der Waals surface area contributed by atoms with Gasteiger partial charge in [-0.2, -0.15) is 0 Å². The van der Waals surface area contributed by atoms with E-state index in [1.165, 1.54) is 7.05 Å². The van der Waals surface area contributed by atoms with Crippen molar-refractivity contribution in [2.24, 2.45) is 5.73 Å². The number of rotatable bonds is 3. The summed E-state index contributed by atoms with van der Waals surface area (Å²) in [5.41, 5.74) is 21.0. The number of nitrogen functional groups attached to an aromatic ring is 2. The van der Waals surface area contributed by atoms with Gasteiger partial charge in [-0.05, 0) is 49.9 Å². The van der Waals surface area contributed by atoms with E-state index >= 15 is 0 Å². The molecule has 0 saturated carbocycles. The standard InChI is InChI=1S/C20H17N5O2.CH5N/c1-11-2-3-13(27)9-17(11)25-16-5-4-15(12-6-7-23-18(21)8-12)24-19(16)14(10-26)20(25)22;1-2/h2-10,27H,22H2,1H3,(H2,21,23);2H2,1H3. The number of aromatic nitrogens is 3. The summed E-state index contributed by atoms with van der Waals surface area (Å²) in [6, 6.07) is 12.2. The minimum atomic E-state index is 0.112. The van der Waals surface area contributed by atoms with Gasteiger partial charge in [-0.25, -0.2) is 9.97 Å². The van der Waals surface area contributed by atoms with Crippen LogP contribution >= 0.6 is 0 Å². The Kier molecular flexibility index (Phi) is 5.47. The second-order valence-electron chi connectivity index (χ2n) is 6.26. The third kappa shape index (κ3) is 3.48. The van der Waals surface area contributed by atoms with Gasteiger partial charge in [0.25, 0.3) is 0 Å². The number of aromatic hydroxyl groups is 1. The molecule has 0 radical (unpaired) electrons. The number of aryl methyl sites for hydroxylation is 1. The number of hydrogen-bond donors (Lipinski definition) is 4. The molecule has 8 nitrogen and oxygen atoms in total. The quantitative estimate of drug-likeness (QED) is 0.393. The summed E-state index contributed by atoms with van der Waals surface area (Å²) in [6.07, 6.45) is 2.30. The van der Waals surface area contributed by atoms with Crippen molar-refractivity contribution >= 4 is 29.0 Å². The van der Waals surface area contributed by atoms with Crippen LogP contribution in [0.3, 0.4) is 0 Å². The summed E-state index contributed by atoms with van der Waals surface area (Å²) < 4.78 is 1.73. The van der Waals surface area contributed by atoms with Crippen LogP contribution in [0.4, 0.5) is 11.6 Å². The topological polar surface area (TPSA) is 146 Å². The van der Waals surface area contributed by atoms with Crippen molar-refractivity contribution in [3.8, 4) is 22.7 Å². The van der Waals surface area contributed by atoms with E-state index in [-0.39, 0.29) is 11.6 Å². The number of phenols is 1. The fraction of sp³-hybridized carbons (Fsp3) is 0.0952. The van der Waals surface area contributed by atoms with Crippen molar-refractivity contribution in [2.75, 3.05) is 18.5 Å². The van der Waals surface area contributed by atoms with Crippen LogP contribution in [0.2, 0.25) is 0 Å². The second kappa shape index (κ2) is 7.99. The molecule has 3 heterocycles. The van der Waals surface area contributed by atoms with Gasteiger partial charge >= 0.3 is 0 Å². The number of fused-ring (bicyclic) bond motifs is 1. The molecule has 0 bridgehead atoms. The Bertz CT molecular complexity index is 1200. The fourth-order valence-electron chi connectivity index (χ4n) is 3.18. The van der Waals surface area contributed by atoms with E-state index in [9.17, 15) is 9.90 Å². The van der Waals surface area contributed by atoms with Crippen LogP contribution in [-0.4, -0.2) is 33.0 Å². The molecule has 29 heavy (non-hydrogen) atoms. The molecule has 1 aromatic carbocycles. The molecular weight excluding hydrogens is 368 g/mol. The number of carbonyl (C=O) groups excluding carboxylic acids is 1. The highest BCUT2D eigenvalue weighted by Gasteiger charge is 2.19. The molecule has 0 aliphatic rings. The van der Waals surface area contributed by atoms with Gasteiger partial charge in [-0.15, -0.1) is 0 Å². The van der Waals surface area contributed by atoms with E-state index in [1.807, 2.05) is 19.1 Å². The molecule has 0 aliphatic carbocycles. The van der Waals surface area contributed by atoms with Crippen LogP contribution in [-0.2, 0) is 0 Å². The van der Waals surface area contributed by atoms with Crippen LogP contribution in [0, 0.1) is 6.92 Å². The maximum Gasteiger partial charge on any atom is 0.155 e. The first-order valence-corrected chi connectivity index (χ1v) is 8.85. The highest BCUT2D eigenvalue weighted by Crippen LogP contribution is 2.33. The zero-order valence-electron chi connectivity index (χ0n) is 16.1. The van der Waals surface area contributed by atoms with Crippen LogP contribution in [0.5, 0.6) is 5.75 Å². The molecule has 0 unspecified atom stereocenters. The molecule has 0 atom stereocenters. The summed E-state index contributed by atoms with van der Waals surface area (Å²) in [4.78, 5) is 20.3. The summed E-state index contributed by atoms with van der Waals surface area (Å²) in [6.45, 7) is 1.90. The highest BCUT2D eigenvalue weighted by atomic mass is 16.3. The summed E-state index contributed by atoms with van der Waals surface area (Å²) in [5, 5.41) is 9.89. The zero-order valence-corrected chi connectivity index (χ0v) is 16.1. The molecule has 0 fully saturated rings. The van der Waals surface area contributed by atoms with E-state index in [0.29, 0.717) is 40.1 Å². The highest BCUT2D eigenvalue weighted by molar-refractivity contribution is 6.03. The molecule has 0 amide bonds. The lowest BCUT2D eigenvalue weighted by atomic mass is 10.1. The number of carbonyl (C=O) groups is 1. The fourth-order valence-corrected chi connectivity index (χ4v) is 3.18. The van der Waals surface area contributed by atoms with Gasteiger partial charge in [0.1, 0.15) is 22.9 Å². The molecule has 4 aromatic rings. The smallest absolute Gasteiger partial charge is 0.155 e. The van der Waals surface area contributed by atoms with Gasteiger partial charge in [-0.3, -0.25) is 9.36 Å². The lowest BCUT2D eigenvalue weighted by Gasteiger charge is -2.12. The van der Waals surface area contributed by atoms with Gasteiger partial charge in [-0.1, -0.05) is 6.07 Å². The molecule has 0 spiro atoms. The third-order valence-corrected chi connectivity index (χ3v) is 4.52. The number of nitrogens with zero attached hydrogens (tertiary/aromatic N) is 3. The van der Waals surface area contributed by atoms with E-state index in [4.69, 9.17) is 11.5 Å². The predicted octanol–water partition coefficient (Wildman–Crippen LogP) is 2.65. The van der Waals surface area contributed by atoms with Gasteiger partial charge in [0.05, 0.1) is 22.5 Å². The second-order valence-corrected chi connectivity index (χ2v) is 6.26. The molecule has 3 aromatic heterocycles. The van der Waals surface area contributed by atoms with Crippen LogP contribution in [0.25, 0.3) is 28.0 Å². The van der Waals surface area contributed by atoms with Crippen molar-refractivity contribution in [1.29, 1.82) is 0 Å². The Morgan fingerprint density at radius 1 is 1.07 bits per heavy atom. The first-order chi connectivity index (χ1) is 14.0. The Morgan fingerprint density at radius 3 is 2.52 bits per heavy atom. The lowest BCUT2D eigenvalue weighted by Crippen LogP contribution is -2.03. The number of nitrogens with two attached hydrogens (primary N) is 3. The van der Waals surface area contributed by atoms with Gasteiger partial charge in [0.15, 0.2) is 6.29 Å². The summed E-state index contributed by atoms with van der Waals surface area (Å²) in [7, 11) is 1.50. The van der Waals surface area contributed by atoms with Gasteiger partial charge in [0, 0.05) is 17.8 Å². The SMILES string of the molecule is CN.Cc1ccc(O)cc1-n1c(N)c(C=O)c2nc(-c3ccnc(N)c3)ccc21. The number of aldehydes is 1. The zero-order chi connectivity index (χ0) is 21.1. The van der Waals surface area contributed by atoms with Gasteiger partial charge in [0.2, 0.25) is 0 Å². The van der Waals surface area contributed by atoms with Crippen LogP contribution in [0.15, 0.2) is 48.7 Å². The molecular formula is C21H22N6O2.